The monoisotopic (exact) mass is 275 g/mol. The molecule has 1 N–H and O–H groups in total. The maximum atomic E-state index is 6.03. The van der Waals surface area contributed by atoms with Gasteiger partial charge in [-0.2, -0.15) is 0 Å². The summed E-state index contributed by atoms with van der Waals surface area (Å²) in [6.45, 7) is 1.98. The molecule has 2 heteroatoms. The molecule has 20 heavy (non-hydrogen) atoms. The van der Waals surface area contributed by atoms with Crippen molar-refractivity contribution < 1.29 is 4.74 Å². The fraction of sp³-hybridized carbons (Fsp3) is 0.667. The van der Waals surface area contributed by atoms with Crippen molar-refractivity contribution in [3.8, 4) is 5.75 Å². The summed E-state index contributed by atoms with van der Waals surface area (Å²) in [5.74, 6) is 1.82. The van der Waals surface area contributed by atoms with Gasteiger partial charge in [-0.25, -0.2) is 0 Å². The lowest BCUT2D eigenvalue weighted by Gasteiger charge is -2.15. The summed E-state index contributed by atoms with van der Waals surface area (Å²) in [5.41, 5.74) is 1.39. The summed E-state index contributed by atoms with van der Waals surface area (Å²) in [7, 11) is 2.01. The molecule has 0 amide bonds. The van der Waals surface area contributed by atoms with Gasteiger partial charge in [-0.05, 0) is 62.9 Å². The van der Waals surface area contributed by atoms with Crippen LogP contribution in [0.5, 0.6) is 5.75 Å². The Bertz CT molecular complexity index is 369. The van der Waals surface area contributed by atoms with E-state index in [-0.39, 0.29) is 0 Å². The van der Waals surface area contributed by atoms with E-state index in [0.29, 0.717) is 0 Å². The van der Waals surface area contributed by atoms with Crippen LogP contribution in [-0.2, 0) is 6.42 Å². The van der Waals surface area contributed by atoms with Crippen LogP contribution in [0.4, 0.5) is 0 Å². The van der Waals surface area contributed by atoms with Crippen LogP contribution in [0.1, 0.15) is 50.5 Å². The summed E-state index contributed by atoms with van der Waals surface area (Å²) in [6, 6.07) is 8.63. The highest BCUT2D eigenvalue weighted by Crippen LogP contribution is 2.24. The molecule has 2 nitrogen and oxygen atoms in total. The maximum Gasteiger partial charge on any atom is 0.119 e. The lowest BCUT2D eigenvalue weighted by atomic mass is 10.0. The van der Waals surface area contributed by atoms with E-state index in [1.54, 1.807) is 0 Å². The Morgan fingerprint density at radius 2 is 1.95 bits per heavy atom. The minimum atomic E-state index is 0.769. The molecule has 0 saturated heterocycles. The van der Waals surface area contributed by atoms with Crippen LogP contribution < -0.4 is 10.1 Å². The van der Waals surface area contributed by atoms with Crippen LogP contribution in [0.15, 0.2) is 24.3 Å². The number of ether oxygens (including phenoxy) is 1. The van der Waals surface area contributed by atoms with Crippen LogP contribution in [-0.4, -0.2) is 20.2 Å². The minimum absolute atomic E-state index is 0.769. The first-order valence-electron chi connectivity index (χ1n) is 8.25. The summed E-state index contributed by atoms with van der Waals surface area (Å²) in [5, 5.41) is 3.20. The lowest BCUT2D eigenvalue weighted by Crippen LogP contribution is -2.11. The first-order chi connectivity index (χ1) is 9.88. The van der Waals surface area contributed by atoms with Gasteiger partial charge in [-0.3, -0.25) is 0 Å². The molecule has 1 aromatic rings. The van der Waals surface area contributed by atoms with Gasteiger partial charge in [0, 0.05) is 0 Å². The van der Waals surface area contributed by atoms with Crippen molar-refractivity contribution in [2.75, 3.05) is 20.2 Å². The average molecular weight is 275 g/mol. The Morgan fingerprint density at radius 3 is 2.70 bits per heavy atom. The van der Waals surface area contributed by atoms with Crippen LogP contribution in [0.25, 0.3) is 0 Å². The molecule has 1 saturated carbocycles. The molecule has 0 radical (unpaired) electrons. The van der Waals surface area contributed by atoms with Gasteiger partial charge in [-0.1, -0.05) is 37.8 Å². The molecule has 0 unspecified atom stereocenters. The fourth-order valence-corrected chi connectivity index (χ4v) is 3.00. The van der Waals surface area contributed by atoms with Crippen molar-refractivity contribution in [1.82, 2.24) is 5.32 Å². The van der Waals surface area contributed by atoms with E-state index in [4.69, 9.17) is 4.74 Å². The highest BCUT2D eigenvalue weighted by Gasteiger charge is 2.12. The van der Waals surface area contributed by atoms with Gasteiger partial charge in [0.15, 0.2) is 0 Å². The standard InChI is InChI=1S/C18H29NO/c1-19-13-7-11-16-10-6-12-18(14-16)20-15-17-8-4-2-3-5-9-17/h6,10,12,14,17,19H,2-5,7-9,11,13,15H2,1H3. The molecule has 1 aromatic carbocycles. The SMILES string of the molecule is CNCCCc1cccc(OCC2CCCCCC2)c1. The molecular formula is C18H29NO. The third-order valence-corrected chi connectivity index (χ3v) is 4.25. The van der Waals surface area contributed by atoms with E-state index in [2.05, 4.69) is 29.6 Å². The molecule has 112 valence electrons. The molecule has 2 rings (SSSR count). The molecule has 0 aliphatic heterocycles. The Labute approximate surface area is 123 Å². The Morgan fingerprint density at radius 1 is 1.15 bits per heavy atom. The van der Waals surface area contributed by atoms with Crippen molar-refractivity contribution >= 4 is 0 Å². The van der Waals surface area contributed by atoms with E-state index < -0.39 is 0 Å². The number of aryl methyl sites for hydroxylation is 1. The Hall–Kier alpha value is -1.02. The van der Waals surface area contributed by atoms with Crippen molar-refractivity contribution in [2.24, 2.45) is 5.92 Å². The van der Waals surface area contributed by atoms with E-state index in [1.807, 2.05) is 7.05 Å². The normalized spacial score (nSPS) is 16.9. The van der Waals surface area contributed by atoms with E-state index >= 15 is 0 Å². The highest BCUT2D eigenvalue weighted by atomic mass is 16.5. The van der Waals surface area contributed by atoms with E-state index in [0.717, 1.165) is 31.2 Å². The number of nitrogens with one attached hydrogen (secondary N) is 1. The topological polar surface area (TPSA) is 21.3 Å². The average Bonchev–Trinajstić information content (AvgIpc) is 2.75. The van der Waals surface area contributed by atoms with Crippen LogP contribution >= 0.6 is 0 Å². The Balaban J connectivity index is 1.78. The second kappa shape index (κ2) is 9.02. The molecular weight excluding hydrogens is 246 g/mol. The smallest absolute Gasteiger partial charge is 0.119 e. The van der Waals surface area contributed by atoms with Gasteiger partial charge < -0.3 is 10.1 Å². The molecule has 0 heterocycles. The number of benzene rings is 1. The quantitative estimate of drug-likeness (QED) is 0.595. The highest BCUT2D eigenvalue weighted by molar-refractivity contribution is 5.28. The molecule has 1 aliphatic carbocycles. The van der Waals surface area contributed by atoms with Crippen LogP contribution in [0, 0.1) is 5.92 Å². The third kappa shape index (κ3) is 5.54. The van der Waals surface area contributed by atoms with Crippen molar-refractivity contribution in [3.63, 3.8) is 0 Å². The number of hydrogen-bond acceptors (Lipinski definition) is 2. The number of hydrogen-bond donors (Lipinski definition) is 1. The van der Waals surface area contributed by atoms with Gasteiger partial charge in [0.05, 0.1) is 6.61 Å². The third-order valence-electron chi connectivity index (χ3n) is 4.25. The minimum Gasteiger partial charge on any atom is -0.493 e. The second-order valence-corrected chi connectivity index (χ2v) is 6.02. The van der Waals surface area contributed by atoms with Gasteiger partial charge in [-0.15, -0.1) is 0 Å². The fourth-order valence-electron chi connectivity index (χ4n) is 3.00. The largest absolute Gasteiger partial charge is 0.493 e. The van der Waals surface area contributed by atoms with Gasteiger partial charge in [0.25, 0.3) is 0 Å². The molecule has 1 fully saturated rings. The lowest BCUT2D eigenvalue weighted by molar-refractivity contribution is 0.233. The predicted octanol–water partition coefficient (Wildman–Crippen LogP) is 4.19. The summed E-state index contributed by atoms with van der Waals surface area (Å²) in [4.78, 5) is 0. The zero-order valence-electron chi connectivity index (χ0n) is 12.9. The van der Waals surface area contributed by atoms with Gasteiger partial charge in [0.2, 0.25) is 0 Å². The van der Waals surface area contributed by atoms with Crippen molar-refractivity contribution in [3.05, 3.63) is 29.8 Å². The van der Waals surface area contributed by atoms with Crippen LogP contribution in [0.3, 0.4) is 0 Å². The van der Waals surface area contributed by atoms with Crippen LogP contribution in [0.2, 0.25) is 0 Å². The number of rotatable bonds is 7. The van der Waals surface area contributed by atoms with Crippen molar-refractivity contribution in [1.29, 1.82) is 0 Å². The van der Waals surface area contributed by atoms with Gasteiger partial charge in [0.1, 0.15) is 5.75 Å². The summed E-state index contributed by atoms with van der Waals surface area (Å²) >= 11 is 0. The van der Waals surface area contributed by atoms with E-state index in [1.165, 1.54) is 50.5 Å². The first-order valence-corrected chi connectivity index (χ1v) is 8.25. The second-order valence-electron chi connectivity index (χ2n) is 6.02. The molecule has 0 spiro atoms. The molecule has 0 atom stereocenters. The van der Waals surface area contributed by atoms with E-state index in [9.17, 15) is 0 Å². The zero-order valence-corrected chi connectivity index (χ0v) is 12.9. The molecule has 0 aromatic heterocycles. The zero-order chi connectivity index (χ0) is 14.0. The molecule has 0 bridgehead atoms. The van der Waals surface area contributed by atoms with Gasteiger partial charge >= 0.3 is 0 Å². The maximum absolute atomic E-state index is 6.03. The summed E-state index contributed by atoms with van der Waals surface area (Å²) < 4.78 is 6.03. The first kappa shape index (κ1) is 15.4. The summed E-state index contributed by atoms with van der Waals surface area (Å²) in [6.07, 6.45) is 10.6. The van der Waals surface area contributed by atoms with Crippen molar-refractivity contribution in [2.45, 2.75) is 51.4 Å². The predicted molar refractivity (Wildman–Crippen MR) is 85.4 cm³/mol. The molecule has 1 aliphatic rings. The Kier molecular flexibility index (Phi) is 6.93.